The van der Waals surface area contributed by atoms with Crippen LogP contribution in [-0.4, -0.2) is 39.7 Å². The van der Waals surface area contributed by atoms with Crippen molar-refractivity contribution in [1.82, 2.24) is 14.8 Å². The number of aromatic nitrogens is 1. The Balaban J connectivity index is 1.81. The summed E-state index contributed by atoms with van der Waals surface area (Å²) in [7, 11) is 1.29. The van der Waals surface area contributed by atoms with Crippen LogP contribution in [0.3, 0.4) is 0 Å². The molecule has 0 radical (unpaired) electrons. The van der Waals surface area contributed by atoms with E-state index in [4.69, 9.17) is 0 Å². The van der Waals surface area contributed by atoms with E-state index in [-0.39, 0.29) is 6.54 Å². The molecule has 0 bridgehead atoms. The summed E-state index contributed by atoms with van der Waals surface area (Å²) in [5.41, 5.74) is 1.56. The van der Waals surface area contributed by atoms with Gasteiger partial charge in [-0.25, -0.2) is 14.7 Å². The highest BCUT2D eigenvalue weighted by atomic mass is 32.1. The van der Waals surface area contributed by atoms with Crippen LogP contribution in [0, 0.1) is 0 Å². The second-order valence-corrected chi connectivity index (χ2v) is 5.41. The molecule has 1 aromatic heterocycles. The van der Waals surface area contributed by atoms with E-state index in [0.717, 1.165) is 20.4 Å². The fraction of sp³-hybridized carbons (Fsp3) is 0.143. The molecule has 4 amide bonds. The van der Waals surface area contributed by atoms with Crippen LogP contribution in [-0.2, 0) is 16.1 Å². The van der Waals surface area contributed by atoms with Crippen molar-refractivity contribution in [1.29, 1.82) is 0 Å². The topological polar surface area (TPSA) is 70.6 Å². The third kappa shape index (κ3) is 2.31. The molecule has 106 valence electrons. The standard InChI is InChI=1S/C14H11N3O3S/c1-16-12(18)13(19)17(14(16)20)7-10-8-21-11(15-10)9-5-3-2-4-6-9/h2-6,8H,7H2,1H3. The minimum absolute atomic E-state index is 0.0110. The molecule has 0 N–H and O–H groups in total. The maximum Gasteiger partial charge on any atom is 0.334 e. The summed E-state index contributed by atoms with van der Waals surface area (Å²) in [6.45, 7) is 0.0110. The molecular formula is C14H11N3O3S. The van der Waals surface area contributed by atoms with Crippen LogP contribution >= 0.6 is 11.3 Å². The van der Waals surface area contributed by atoms with Crippen LogP contribution < -0.4 is 0 Å². The van der Waals surface area contributed by atoms with Gasteiger partial charge in [-0.15, -0.1) is 11.3 Å². The summed E-state index contributed by atoms with van der Waals surface area (Å²) >= 11 is 1.43. The largest absolute Gasteiger partial charge is 0.334 e. The summed E-state index contributed by atoms with van der Waals surface area (Å²) in [5, 5.41) is 2.59. The number of nitrogens with zero attached hydrogens (tertiary/aromatic N) is 3. The Bertz CT molecular complexity index is 726. The van der Waals surface area contributed by atoms with E-state index in [1.807, 2.05) is 30.3 Å². The molecule has 2 aromatic rings. The number of benzene rings is 1. The monoisotopic (exact) mass is 301 g/mol. The number of rotatable bonds is 3. The lowest BCUT2D eigenvalue weighted by molar-refractivity contribution is -0.143. The number of imide groups is 2. The first-order chi connectivity index (χ1) is 10.1. The first-order valence-corrected chi connectivity index (χ1v) is 7.09. The van der Waals surface area contributed by atoms with Gasteiger partial charge in [0.1, 0.15) is 5.01 Å². The van der Waals surface area contributed by atoms with Gasteiger partial charge >= 0.3 is 17.8 Å². The van der Waals surface area contributed by atoms with E-state index in [9.17, 15) is 14.4 Å². The normalized spacial score (nSPS) is 15.2. The van der Waals surface area contributed by atoms with E-state index < -0.39 is 17.8 Å². The molecule has 1 aliphatic rings. The molecule has 0 saturated carbocycles. The van der Waals surface area contributed by atoms with Crippen molar-refractivity contribution in [3.63, 3.8) is 0 Å². The first kappa shape index (κ1) is 13.4. The van der Waals surface area contributed by atoms with Gasteiger partial charge in [-0.2, -0.15) is 0 Å². The zero-order chi connectivity index (χ0) is 15.0. The number of thiazole rings is 1. The van der Waals surface area contributed by atoms with Crippen LogP contribution in [0.1, 0.15) is 5.69 Å². The van der Waals surface area contributed by atoms with E-state index >= 15 is 0 Å². The van der Waals surface area contributed by atoms with Crippen molar-refractivity contribution in [2.45, 2.75) is 6.54 Å². The van der Waals surface area contributed by atoms with E-state index in [0.29, 0.717) is 5.69 Å². The summed E-state index contributed by atoms with van der Waals surface area (Å²) in [6, 6.07) is 9.01. The van der Waals surface area contributed by atoms with Crippen molar-refractivity contribution < 1.29 is 14.4 Å². The molecule has 3 rings (SSSR count). The van der Waals surface area contributed by atoms with E-state index in [1.165, 1.54) is 18.4 Å². The molecule has 0 aliphatic carbocycles. The van der Waals surface area contributed by atoms with Crippen LogP contribution in [0.15, 0.2) is 35.7 Å². The Morgan fingerprint density at radius 2 is 1.81 bits per heavy atom. The van der Waals surface area contributed by atoms with Crippen molar-refractivity contribution in [3.8, 4) is 10.6 Å². The predicted octanol–water partition coefficient (Wildman–Crippen LogP) is 1.73. The molecule has 1 aromatic carbocycles. The predicted molar refractivity (Wildman–Crippen MR) is 76.3 cm³/mol. The smallest absolute Gasteiger partial charge is 0.263 e. The molecule has 1 fully saturated rings. The average molecular weight is 301 g/mol. The summed E-state index contributed by atoms with van der Waals surface area (Å²) in [5.74, 6) is -1.62. The highest BCUT2D eigenvalue weighted by Gasteiger charge is 2.42. The molecule has 0 unspecified atom stereocenters. The summed E-state index contributed by atoms with van der Waals surface area (Å²) in [4.78, 5) is 41.1. The molecule has 2 heterocycles. The van der Waals surface area contributed by atoms with E-state index in [1.54, 1.807) is 5.38 Å². The first-order valence-electron chi connectivity index (χ1n) is 6.21. The van der Waals surface area contributed by atoms with Gasteiger partial charge in [0.05, 0.1) is 12.2 Å². The van der Waals surface area contributed by atoms with Gasteiger partial charge in [0, 0.05) is 18.0 Å². The maximum absolute atomic E-state index is 11.8. The number of urea groups is 1. The van der Waals surface area contributed by atoms with Crippen molar-refractivity contribution in [2.24, 2.45) is 0 Å². The molecular weight excluding hydrogens is 290 g/mol. The van der Waals surface area contributed by atoms with E-state index in [2.05, 4.69) is 4.98 Å². The highest BCUT2D eigenvalue weighted by molar-refractivity contribution is 7.13. The fourth-order valence-electron chi connectivity index (χ4n) is 2.01. The molecule has 0 atom stereocenters. The Kier molecular flexibility index (Phi) is 3.26. The number of carbonyl (C=O) groups excluding carboxylic acids is 3. The van der Waals surface area contributed by atoms with Crippen molar-refractivity contribution in [3.05, 3.63) is 41.4 Å². The lowest BCUT2D eigenvalue weighted by Gasteiger charge is -2.10. The van der Waals surface area contributed by atoms with Crippen LogP contribution in [0.4, 0.5) is 4.79 Å². The van der Waals surface area contributed by atoms with Crippen molar-refractivity contribution >= 4 is 29.2 Å². The second kappa shape index (κ2) is 5.10. The second-order valence-electron chi connectivity index (χ2n) is 4.55. The molecule has 0 spiro atoms. The Morgan fingerprint density at radius 3 is 2.43 bits per heavy atom. The van der Waals surface area contributed by atoms with Crippen LogP contribution in [0.2, 0.25) is 0 Å². The van der Waals surface area contributed by atoms with Gasteiger partial charge in [-0.05, 0) is 0 Å². The average Bonchev–Trinajstić information content (AvgIpc) is 3.05. The highest BCUT2D eigenvalue weighted by Crippen LogP contribution is 2.24. The zero-order valence-corrected chi connectivity index (χ0v) is 12.0. The quantitative estimate of drug-likeness (QED) is 0.639. The minimum atomic E-state index is -0.809. The third-order valence-corrected chi connectivity index (χ3v) is 4.08. The van der Waals surface area contributed by atoms with Crippen molar-refractivity contribution in [2.75, 3.05) is 7.05 Å². The van der Waals surface area contributed by atoms with Gasteiger partial charge in [-0.1, -0.05) is 30.3 Å². The number of hydrogen-bond donors (Lipinski definition) is 0. The maximum atomic E-state index is 11.8. The lowest BCUT2D eigenvalue weighted by atomic mass is 10.2. The minimum Gasteiger partial charge on any atom is -0.263 e. The van der Waals surface area contributed by atoms with Gasteiger partial charge in [0.15, 0.2) is 0 Å². The Hall–Kier alpha value is -2.54. The summed E-state index contributed by atoms with van der Waals surface area (Å²) in [6.07, 6.45) is 0. The SMILES string of the molecule is CN1C(=O)C(=O)N(Cc2csc(-c3ccccc3)n2)C1=O. The number of amides is 4. The Labute approximate surface area is 124 Å². The van der Waals surface area contributed by atoms with Gasteiger partial charge < -0.3 is 0 Å². The molecule has 1 saturated heterocycles. The zero-order valence-electron chi connectivity index (χ0n) is 11.1. The van der Waals surface area contributed by atoms with Crippen LogP contribution in [0.25, 0.3) is 10.6 Å². The molecule has 7 heteroatoms. The van der Waals surface area contributed by atoms with Crippen LogP contribution in [0.5, 0.6) is 0 Å². The van der Waals surface area contributed by atoms with Gasteiger partial charge in [-0.3, -0.25) is 14.5 Å². The van der Waals surface area contributed by atoms with Gasteiger partial charge in [0.25, 0.3) is 0 Å². The molecule has 21 heavy (non-hydrogen) atoms. The molecule has 1 aliphatic heterocycles. The summed E-state index contributed by atoms with van der Waals surface area (Å²) < 4.78 is 0. The Morgan fingerprint density at radius 1 is 1.10 bits per heavy atom. The fourth-order valence-corrected chi connectivity index (χ4v) is 2.83. The molecule has 6 nitrogen and oxygen atoms in total. The number of hydrogen-bond acceptors (Lipinski definition) is 5. The number of carbonyl (C=O) groups is 3. The third-order valence-electron chi connectivity index (χ3n) is 3.14. The number of likely N-dealkylation sites (N-methyl/N-ethyl adjacent to an activating group) is 1. The lowest BCUT2D eigenvalue weighted by Crippen LogP contribution is -2.31. The van der Waals surface area contributed by atoms with Gasteiger partial charge in [0.2, 0.25) is 0 Å².